The van der Waals surface area contributed by atoms with E-state index in [0.29, 0.717) is 4.83 Å². The molecule has 0 aromatic heterocycles. The average Bonchev–Trinajstić information content (AvgIpc) is 2.22. The highest BCUT2D eigenvalue weighted by atomic mass is 79.9. The molecule has 0 amide bonds. The molecule has 1 fully saturated rings. The number of nitrogens with zero attached hydrogens (tertiary/aromatic N) is 2. The second kappa shape index (κ2) is 1.87. The number of fused-ring (bicyclic) bond motifs is 1. The highest BCUT2D eigenvalue weighted by molar-refractivity contribution is 9.09. The summed E-state index contributed by atoms with van der Waals surface area (Å²) in [6.45, 7) is 3.21. The highest BCUT2D eigenvalue weighted by Gasteiger charge is 2.31. The van der Waals surface area contributed by atoms with Crippen LogP contribution >= 0.6 is 15.9 Å². The largest absolute Gasteiger partial charge is 0.258 e. The molecule has 0 aromatic rings. The van der Waals surface area contributed by atoms with Crippen molar-refractivity contribution in [1.82, 2.24) is 10.3 Å². The van der Waals surface area contributed by atoms with Gasteiger partial charge in [0.2, 0.25) is 0 Å². The zero-order valence-electron chi connectivity index (χ0n) is 5.05. The highest BCUT2D eigenvalue weighted by Crippen LogP contribution is 2.12. The van der Waals surface area contributed by atoms with E-state index in [1.165, 1.54) is 0 Å². The fraction of sp³-hybridized carbons (Fsp3) is 0.800. The first-order valence-corrected chi connectivity index (χ1v) is 4.00. The van der Waals surface area contributed by atoms with E-state index in [2.05, 4.69) is 30.9 Å². The lowest BCUT2D eigenvalue weighted by Gasteiger charge is -2.04. The molecule has 0 bridgehead atoms. The van der Waals surface area contributed by atoms with Gasteiger partial charge in [-0.25, -0.2) is 5.01 Å². The standard InChI is InChI=1S/C5H8BrN3/c6-5-1-8-3-7-4-9(8)2-5/h3,5H,1-2,4H2/p+1. The predicted octanol–water partition coefficient (Wildman–Crippen LogP) is -0.418. The zero-order valence-corrected chi connectivity index (χ0v) is 6.63. The van der Waals surface area contributed by atoms with Crippen LogP contribution in [0, 0.1) is 0 Å². The molecule has 1 atom stereocenters. The van der Waals surface area contributed by atoms with Crippen molar-refractivity contribution in [2.75, 3.05) is 19.8 Å². The number of hydrazine groups is 1. The summed E-state index contributed by atoms with van der Waals surface area (Å²) >= 11 is 3.56. The summed E-state index contributed by atoms with van der Waals surface area (Å²) in [5.74, 6) is 0. The molecule has 2 aliphatic heterocycles. The van der Waals surface area contributed by atoms with Crippen LogP contribution in [0.1, 0.15) is 0 Å². The van der Waals surface area contributed by atoms with Crippen molar-refractivity contribution in [1.29, 1.82) is 0 Å². The fourth-order valence-electron chi connectivity index (χ4n) is 1.25. The van der Waals surface area contributed by atoms with Gasteiger partial charge in [0.1, 0.15) is 6.54 Å². The van der Waals surface area contributed by atoms with Crippen molar-refractivity contribution < 1.29 is 4.68 Å². The molecule has 3 nitrogen and oxygen atoms in total. The monoisotopic (exact) mass is 190 g/mol. The maximum Gasteiger partial charge on any atom is 0.257 e. The van der Waals surface area contributed by atoms with Crippen molar-refractivity contribution in [3.05, 3.63) is 0 Å². The Kier molecular flexibility index (Phi) is 1.15. The van der Waals surface area contributed by atoms with E-state index < -0.39 is 0 Å². The quantitative estimate of drug-likeness (QED) is 0.414. The van der Waals surface area contributed by atoms with Crippen LogP contribution in [0.3, 0.4) is 0 Å². The molecular formula is C5H9BrN3+. The minimum Gasteiger partial charge on any atom is -0.258 e. The average molecular weight is 191 g/mol. The van der Waals surface area contributed by atoms with Crippen LogP contribution in [0.15, 0.2) is 0 Å². The predicted molar refractivity (Wildman–Crippen MR) is 38.6 cm³/mol. The maximum atomic E-state index is 3.56. The fourth-order valence-corrected chi connectivity index (χ4v) is 1.88. The number of rotatable bonds is 0. The van der Waals surface area contributed by atoms with Crippen molar-refractivity contribution in [3.63, 3.8) is 0 Å². The Morgan fingerprint density at radius 3 is 3.44 bits per heavy atom. The Bertz CT molecular complexity index is 156. The van der Waals surface area contributed by atoms with Crippen molar-refractivity contribution in [3.8, 4) is 0 Å². The van der Waals surface area contributed by atoms with Crippen LogP contribution in [0.4, 0.5) is 0 Å². The van der Waals surface area contributed by atoms with Gasteiger partial charge in [0.15, 0.2) is 6.67 Å². The van der Waals surface area contributed by atoms with E-state index in [-0.39, 0.29) is 0 Å². The number of hydrogen-bond acceptors (Lipinski definition) is 2. The van der Waals surface area contributed by atoms with Gasteiger partial charge in [0, 0.05) is 0 Å². The Morgan fingerprint density at radius 2 is 2.67 bits per heavy atom. The summed E-state index contributed by atoms with van der Waals surface area (Å²) in [5.41, 5.74) is 0. The molecule has 1 saturated heterocycles. The molecule has 0 saturated carbocycles. The zero-order chi connectivity index (χ0) is 6.27. The summed E-state index contributed by atoms with van der Waals surface area (Å²) in [6.07, 6.45) is 2.03. The van der Waals surface area contributed by atoms with Gasteiger partial charge in [0.05, 0.1) is 11.4 Å². The van der Waals surface area contributed by atoms with Crippen LogP contribution in [0.5, 0.6) is 0 Å². The number of alkyl halides is 1. The third-order valence-corrected chi connectivity index (χ3v) is 2.25. The van der Waals surface area contributed by atoms with Gasteiger partial charge >= 0.3 is 0 Å². The van der Waals surface area contributed by atoms with E-state index in [4.69, 9.17) is 0 Å². The smallest absolute Gasteiger partial charge is 0.257 e. The van der Waals surface area contributed by atoms with E-state index in [9.17, 15) is 0 Å². The lowest BCUT2D eigenvalue weighted by Crippen LogP contribution is -2.25. The van der Waals surface area contributed by atoms with Gasteiger partial charge in [-0.1, -0.05) is 15.9 Å². The van der Waals surface area contributed by atoms with E-state index >= 15 is 0 Å². The first-order chi connectivity index (χ1) is 4.36. The second-order valence-electron chi connectivity index (χ2n) is 2.40. The summed E-state index contributed by atoms with van der Waals surface area (Å²) in [5, 5.41) is 5.43. The van der Waals surface area contributed by atoms with Gasteiger partial charge in [-0.05, 0) is 0 Å². The van der Waals surface area contributed by atoms with Gasteiger partial charge < -0.3 is 0 Å². The minimum atomic E-state index is 0.649. The van der Waals surface area contributed by atoms with Crippen molar-refractivity contribution in [2.45, 2.75) is 4.83 Å². The van der Waals surface area contributed by atoms with Crippen LogP contribution in [-0.4, -0.2) is 40.6 Å². The Morgan fingerprint density at radius 1 is 1.78 bits per heavy atom. The van der Waals surface area contributed by atoms with Gasteiger partial charge in [0.25, 0.3) is 6.34 Å². The molecular weight excluding hydrogens is 182 g/mol. The second-order valence-corrected chi connectivity index (χ2v) is 3.69. The topological polar surface area (TPSA) is 18.3 Å². The molecule has 1 unspecified atom stereocenters. The Labute approximate surface area is 62.4 Å². The number of halogens is 1. The normalized spacial score (nSPS) is 31.9. The van der Waals surface area contributed by atoms with Gasteiger partial charge in [-0.15, -0.1) is 0 Å². The van der Waals surface area contributed by atoms with Crippen LogP contribution in [0.25, 0.3) is 0 Å². The molecule has 1 N–H and O–H groups in total. The molecule has 4 heteroatoms. The summed E-state index contributed by atoms with van der Waals surface area (Å²) in [7, 11) is 0. The van der Waals surface area contributed by atoms with Crippen LogP contribution in [0.2, 0.25) is 0 Å². The molecule has 50 valence electrons. The van der Waals surface area contributed by atoms with Crippen LogP contribution < -0.4 is 5.32 Å². The molecule has 0 spiro atoms. The number of hydrogen-bond donors (Lipinski definition) is 1. The molecule has 0 aliphatic carbocycles. The third kappa shape index (κ3) is 0.813. The lowest BCUT2D eigenvalue weighted by molar-refractivity contribution is -0.653. The SMILES string of the molecule is BrC1CN2CNC=[N+]2C1. The third-order valence-electron chi connectivity index (χ3n) is 1.67. The maximum absolute atomic E-state index is 3.56. The summed E-state index contributed by atoms with van der Waals surface area (Å²) in [6, 6.07) is 0. The van der Waals surface area contributed by atoms with E-state index in [1.54, 1.807) is 0 Å². The molecule has 0 radical (unpaired) electrons. The first-order valence-electron chi connectivity index (χ1n) is 3.08. The van der Waals surface area contributed by atoms with Crippen LogP contribution in [-0.2, 0) is 0 Å². The minimum absolute atomic E-state index is 0.649. The molecule has 9 heavy (non-hydrogen) atoms. The van der Waals surface area contributed by atoms with E-state index in [0.717, 1.165) is 19.8 Å². The number of hydrazone groups is 1. The van der Waals surface area contributed by atoms with Gasteiger partial charge in [-0.2, -0.15) is 4.68 Å². The Hall–Kier alpha value is -0.250. The molecule has 2 rings (SSSR count). The molecule has 0 aromatic carbocycles. The van der Waals surface area contributed by atoms with Crippen molar-refractivity contribution in [2.24, 2.45) is 0 Å². The molecule has 2 heterocycles. The molecule has 2 aliphatic rings. The Balaban J connectivity index is 2.15. The van der Waals surface area contributed by atoms with E-state index in [1.807, 2.05) is 6.34 Å². The van der Waals surface area contributed by atoms with Crippen molar-refractivity contribution >= 4 is 22.3 Å². The number of nitrogens with one attached hydrogen (secondary N) is 1. The summed E-state index contributed by atoms with van der Waals surface area (Å²) < 4.78 is 2.21. The lowest BCUT2D eigenvalue weighted by atomic mass is 10.5. The first kappa shape index (κ1) is 5.53. The van der Waals surface area contributed by atoms with Gasteiger partial charge in [-0.3, -0.25) is 5.32 Å². The summed E-state index contributed by atoms with van der Waals surface area (Å²) in [4.78, 5) is 0.649.